The van der Waals surface area contributed by atoms with E-state index in [-0.39, 0.29) is 18.5 Å². The van der Waals surface area contributed by atoms with Crippen molar-refractivity contribution in [3.8, 4) is 0 Å². The van der Waals surface area contributed by atoms with Crippen molar-refractivity contribution in [2.75, 3.05) is 38.1 Å². The third-order valence-electron chi connectivity index (χ3n) is 5.57. The summed E-state index contributed by atoms with van der Waals surface area (Å²) in [5.41, 5.74) is 2.74. The van der Waals surface area contributed by atoms with Crippen molar-refractivity contribution in [2.45, 2.75) is 13.0 Å². The Kier molecular flexibility index (Phi) is 8.21. The second-order valence-corrected chi connectivity index (χ2v) is 8.92. The molecule has 34 heavy (non-hydrogen) atoms. The molecule has 0 saturated carbocycles. The van der Waals surface area contributed by atoms with Crippen LogP contribution in [0.3, 0.4) is 0 Å². The Morgan fingerprint density at radius 2 is 1.74 bits per heavy atom. The van der Waals surface area contributed by atoms with Crippen molar-refractivity contribution in [1.82, 2.24) is 14.8 Å². The summed E-state index contributed by atoms with van der Waals surface area (Å²) in [5.74, 6) is 0.463. The molecule has 4 rings (SSSR count). The number of halogens is 3. The first-order valence-electron chi connectivity index (χ1n) is 11.0. The standard InChI is InChI=1S/C25H25Cl2FN4O2/c26-20-14-21(27)16-23(15-20)30-24-19(2-1-8-29-24)17-31-9-11-32(12-10-31)25(33)34-13-7-18-3-5-22(28)6-4-18/h1-6,8,14-16H,7,9-13,17H2,(H,29,30). The van der Waals surface area contributed by atoms with Crippen molar-refractivity contribution in [3.63, 3.8) is 0 Å². The molecular formula is C25H25Cl2FN4O2. The average Bonchev–Trinajstić information content (AvgIpc) is 2.81. The lowest BCUT2D eigenvalue weighted by Gasteiger charge is -2.34. The van der Waals surface area contributed by atoms with Gasteiger partial charge in [0.15, 0.2) is 0 Å². The highest BCUT2D eigenvalue weighted by Crippen LogP contribution is 2.26. The molecule has 1 fully saturated rings. The molecule has 9 heteroatoms. The van der Waals surface area contributed by atoms with Crippen LogP contribution in [0.2, 0.25) is 10.0 Å². The molecule has 1 amide bonds. The van der Waals surface area contributed by atoms with Crippen LogP contribution >= 0.6 is 23.2 Å². The number of aromatic nitrogens is 1. The predicted octanol–water partition coefficient (Wildman–Crippen LogP) is 5.77. The summed E-state index contributed by atoms with van der Waals surface area (Å²) in [6.45, 7) is 3.58. The SMILES string of the molecule is O=C(OCCc1ccc(F)cc1)N1CCN(Cc2cccnc2Nc2cc(Cl)cc(Cl)c2)CC1. The molecule has 1 saturated heterocycles. The average molecular weight is 503 g/mol. The molecule has 2 heterocycles. The number of piperazine rings is 1. The van der Waals surface area contributed by atoms with Gasteiger partial charge in [-0.05, 0) is 42.0 Å². The lowest BCUT2D eigenvalue weighted by Crippen LogP contribution is -2.48. The number of rotatable bonds is 7. The highest BCUT2D eigenvalue weighted by Gasteiger charge is 2.23. The zero-order chi connectivity index (χ0) is 23.9. The van der Waals surface area contributed by atoms with E-state index in [2.05, 4.69) is 15.2 Å². The van der Waals surface area contributed by atoms with E-state index in [1.165, 1.54) is 12.1 Å². The lowest BCUT2D eigenvalue weighted by atomic mass is 10.2. The Hall–Kier alpha value is -2.87. The van der Waals surface area contributed by atoms with Gasteiger partial charge >= 0.3 is 6.09 Å². The number of pyridine rings is 1. The maximum Gasteiger partial charge on any atom is 0.409 e. The summed E-state index contributed by atoms with van der Waals surface area (Å²) in [7, 11) is 0. The molecular weight excluding hydrogens is 478 g/mol. The predicted molar refractivity (Wildman–Crippen MR) is 132 cm³/mol. The molecule has 0 aliphatic carbocycles. The number of nitrogens with zero attached hydrogens (tertiary/aromatic N) is 3. The van der Waals surface area contributed by atoms with Gasteiger partial charge in [0.1, 0.15) is 11.6 Å². The largest absolute Gasteiger partial charge is 0.449 e. The number of amides is 1. The number of benzene rings is 2. The minimum Gasteiger partial charge on any atom is -0.449 e. The maximum atomic E-state index is 13.0. The highest BCUT2D eigenvalue weighted by atomic mass is 35.5. The summed E-state index contributed by atoms with van der Waals surface area (Å²) in [5, 5.41) is 4.40. The minimum atomic E-state index is -0.316. The topological polar surface area (TPSA) is 57.7 Å². The zero-order valence-electron chi connectivity index (χ0n) is 18.5. The van der Waals surface area contributed by atoms with Gasteiger partial charge in [0.25, 0.3) is 0 Å². The maximum absolute atomic E-state index is 13.0. The lowest BCUT2D eigenvalue weighted by molar-refractivity contribution is 0.0752. The van der Waals surface area contributed by atoms with Crippen molar-refractivity contribution >= 4 is 40.8 Å². The molecule has 1 N–H and O–H groups in total. The summed E-state index contributed by atoms with van der Waals surface area (Å²) in [6.07, 6.45) is 1.97. The van der Waals surface area contributed by atoms with Gasteiger partial charge in [0.2, 0.25) is 0 Å². The molecule has 178 valence electrons. The van der Waals surface area contributed by atoms with Crippen molar-refractivity contribution in [1.29, 1.82) is 0 Å². The number of hydrogen-bond acceptors (Lipinski definition) is 5. The first kappa shape index (κ1) is 24.3. The normalized spacial score (nSPS) is 14.1. The molecule has 6 nitrogen and oxygen atoms in total. The first-order chi connectivity index (χ1) is 16.5. The Balaban J connectivity index is 1.26. The minimum absolute atomic E-state index is 0.267. The van der Waals surface area contributed by atoms with Crippen LogP contribution in [0.4, 0.5) is 20.7 Å². The molecule has 0 spiro atoms. The zero-order valence-corrected chi connectivity index (χ0v) is 20.0. The van der Waals surface area contributed by atoms with E-state index in [9.17, 15) is 9.18 Å². The number of ether oxygens (including phenoxy) is 1. The van der Waals surface area contributed by atoms with Crippen molar-refractivity contribution in [3.05, 3.63) is 87.8 Å². The second-order valence-electron chi connectivity index (χ2n) is 8.05. The Labute approximate surface area is 208 Å². The highest BCUT2D eigenvalue weighted by molar-refractivity contribution is 6.35. The molecule has 2 aromatic carbocycles. The molecule has 1 aromatic heterocycles. The fraction of sp³-hybridized carbons (Fsp3) is 0.280. The summed E-state index contributed by atoms with van der Waals surface area (Å²) < 4.78 is 18.4. The van der Waals surface area contributed by atoms with Crippen LogP contribution < -0.4 is 5.32 Å². The summed E-state index contributed by atoms with van der Waals surface area (Å²) >= 11 is 12.2. The molecule has 0 radical (unpaired) electrons. The van der Waals surface area contributed by atoms with Crippen LogP contribution in [0.5, 0.6) is 0 Å². The van der Waals surface area contributed by atoms with E-state index in [4.69, 9.17) is 27.9 Å². The number of carbonyl (C=O) groups is 1. The summed E-state index contributed by atoms with van der Waals surface area (Å²) in [6, 6.07) is 15.4. The van der Waals surface area contributed by atoms with E-state index < -0.39 is 0 Å². The van der Waals surface area contributed by atoms with Gasteiger partial charge in [-0.25, -0.2) is 14.2 Å². The third-order valence-corrected chi connectivity index (χ3v) is 6.01. The van der Waals surface area contributed by atoms with Crippen LogP contribution in [0.1, 0.15) is 11.1 Å². The molecule has 0 bridgehead atoms. The molecule has 0 atom stereocenters. The van der Waals surface area contributed by atoms with E-state index in [1.807, 2.05) is 12.1 Å². The van der Waals surface area contributed by atoms with Gasteiger partial charge in [-0.2, -0.15) is 0 Å². The fourth-order valence-corrected chi connectivity index (χ4v) is 4.30. The Morgan fingerprint density at radius 1 is 1.03 bits per heavy atom. The van der Waals surface area contributed by atoms with Gasteiger partial charge < -0.3 is 15.0 Å². The van der Waals surface area contributed by atoms with E-state index in [1.54, 1.807) is 41.4 Å². The fourth-order valence-electron chi connectivity index (χ4n) is 3.77. The van der Waals surface area contributed by atoms with Gasteiger partial charge in [0, 0.05) is 66.6 Å². The van der Waals surface area contributed by atoms with Crippen LogP contribution in [-0.4, -0.2) is 53.7 Å². The Morgan fingerprint density at radius 3 is 2.44 bits per heavy atom. The quantitative estimate of drug-likeness (QED) is 0.444. The monoisotopic (exact) mass is 502 g/mol. The molecule has 0 unspecified atom stereocenters. The molecule has 1 aliphatic rings. The Bertz CT molecular complexity index is 1100. The van der Waals surface area contributed by atoms with Crippen LogP contribution in [0.15, 0.2) is 60.8 Å². The third kappa shape index (κ3) is 6.82. The van der Waals surface area contributed by atoms with Crippen LogP contribution in [0.25, 0.3) is 0 Å². The van der Waals surface area contributed by atoms with E-state index >= 15 is 0 Å². The van der Waals surface area contributed by atoms with Crippen molar-refractivity contribution < 1.29 is 13.9 Å². The van der Waals surface area contributed by atoms with Crippen LogP contribution in [-0.2, 0) is 17.7 Å². The molecule has 3 aromatic rings. The summed E-state index contributed by atoms with van der Waals surface area (Å²) in [4.78, 5) is 20.9. The first-order valence-corrected chi connectivity index (χ1v) is 11.8. The van der Waals surface area contributed by atoms with Crippen LogP contribution in [0, 0.1) is 5.82 Å². The van der Waals surface area contributed by atoms with E-state index in [0.717, 1.165) is 35.7 Å². The van der Waals surface area contributed by atoms with E-state index in [0.29, 0.717) is 36.1 Å². The number of carbonyl (C=O) groups excluding carboxylic acids is 1. The molecule has 1 aliphatic heterocycles. The van der Waals surface area contributed by atoms with Gasteiger partial charge in [-0.15, -0.1) is 0 Å². The number of hydrogen-bond donors (Lipinski definition) is 1. The van der Waals surface area contributed by atoms with Gasteiger partial charge in [-0.1, -0.05) is 41.4 Å². The smallest absolute Gasteiger partial charge is 0.409 e. The van der Waals surface area contributed by atoms with Gasteiger partial charge in [-0.3, -0.25) is 4.90 Å². The number of anilines is 2. The number of nitrogens with one attached hydrogen (secondary N) is 1. The second kappa shape index (κ2) is 11.5. The van der Waals surface area contributed by atoms with Gasteiger partial charge in [0.05, 0.1) is 6.61 Å². The van der Waals surface area contributed by atoms with Crippen molar-refractivity contribution in [2.24, 2.45) is 0 Å².